The van der Waals surface area contributed by atoms with Gasteiger partial charge in [0.15, 0.2) is 0 Å². The molecule has 0 aliphatic carbocycles. The second-order valence-corrected chi connectivity index (χ2v) is 4.76. The quantitative estimate of drug-likeness (QED) is 0.722. The van der Waals surface area contributed by atoms with E-state index in [0.717, 1.165) is 0 Å². The first kappa shape index (κ1) is 12.1. The minimum Gasteiger partial charge on any atom is -0.493 e. The van der Waals surface area contributed by atoms with Gasteiger partial charge in [0.2, 0.25) is 0 Å². The van der Waals surface area contributed by atoms with Crippen LogP contribution in [0.4, 0.5) is 0 Å². The first-order valence-electron chi connectivity index (χ1n) is 4.98. The largest absolute Gasteiger partial charge is 0.493 e. The highest BCUT2D eigenvalue weighted by Crippen LogP contribution is 2.16. The van der Waals surface area contributed by atoms with E-state index in [1.54, 1.807) is 18.2 Å². The zero-order chi connectivity index (χ0) is 11.5. The van der Waals surface area contributed by atoms with Crippen molar-refractivity contribution in [2.45, 2.75) is 20.8 Å². The summed E-state index contributed by atoms with van der Waals surface area (Å²) in [7, 11) is -1.49. The van der Waals surface area contributed by atoms with Gasteiger partial charge in [0.1, 0.15) is 5.75 Å². The summed E-state index contributed by atoms with van der Waals surface area (Å²) in [6.45, 7) is 6.72. The molecule has 82 valence electrons. The van der Waals surface area contributed by atoms with Crippen LogP contribution in [0.25, 0.3) is 0 Å². The average molecular weight is 208 g/mol. The highest BCUT2D eigenvalue weighted by atomic mass is 16.5. The highest BCUT2D eigenvalue weighted by Gasteiger charge is 2.18. The van der Waals surface area contributed by atoms with E-state index < -0.39 is 7.12 Å². The Balaban J connectivity index is 2.76. The zero-order valence-electron chi connectivity index (χ0n) is 9.40. The van der Waals surface area contributed by atoms with E-state index in [9.17, 15) is 0 Å². The van der Waals surface area contributed by atoms with Gasteiger partial charge < -0.3 is 14.8 Å². The molecule has 0 saturated heterocycles. The summed E-state index contributed by atoms with van der Waals surface area (Å²) >= 11 is 0. The average Bonchev–Trinajstić information content (AvgIpc) is 2.14. The lowest BCUT2D eigenvalue weighted by atomic mass is 9.79. The summed E-state index contributed by atoms with van der Waals surface area (Å²) in [4.78, 5) is 0. The van der Waals surface area contributed by atoms with Gasteiger partial charge in [0.05, 0.1) is 6.61 Å². The van der Waals surface area contributed by atoms with Crippen LogP contribution in [-0.4, -0.2) is 23.8 Å². The number of benzene rings is 1. The first-order valence-corrected chi connectivity index (χ1v) is 4.98. The molecule has 0 spiro atoms. The molecule has 15 heavy (non-hydrogen) atoms. The number of para-hydroxylation sites is 1. The molecule has 0 saturated carbocycles. The number of rotatable bonds is 3. The maximum absolute atomic E-state index is 9.11. The van der Waals surface area contributed by atoms with Gasteiger partial charge in [-0.3, -0.25) is 0 Å². The molecule has 1 rings (SSSR count). The second-order valence-electron chi connectivity index (χ2n) is 4.76. The molecule has 0 aliphatic rings. The topological polar surface area (TPSA) is 49.7 Å². The number of hydrogen-bond donors (Lipinski definition) is 2. The minimum atomic E-state index is -1.49. The Morgan fingerprint density at radius 3 is 2.33 bits per heavy atom. The third kappa shape index (κ3) is 3.94. The van der Waals surface area contributed by atoms with E-state index in [2.05, 4.69) is 20.8 Å². The summed E-state index contributed by atoms with van der Waals surface area (Å²) in [5, 5.41) is 18.2. The Labute approximate surface area is 90.9 Å². The van der Waals surface area contributed by atoms with Crippen LogP contribution in [0.15, 0.2) is 24.3 Å². The molecule has 0 radical (unpaired) electrons. The van der Waals surface area contributed by atoms with E-state index in [0.29, 0.717) is 17.8 Å². The molecule has 3 nitrogen and oxygen atoms in total. The fraction of sp³-hybridized carbons (Fsp3) is 0.455. The molecule has 0 bridgehead atoms. The van der Waals surface area contributed by atoms with E-state index in [4.69, 9.17) is 14.8 Å². The van der Waals surface area contributed by atoms with Crippen molar-refractivity contribution in [3.63, 3.8) is 0 Å². The van der Waals surface area contributed by atoms with E-state index in [1.165, 1.54) is 0 Å². The fourth-order valence-corrected chi connectivity index (χ4v) is 1.12. The van der Waals surface area contributed by atoms with Crippen LogP contribution in [0.3, 0.4) is 0 Å². The molecular weight excluding hydrogens is 191 g/mol. The number of hydrogen-bond acceptors (Lipinski definition) is 3. The molecule has 0 atom stereocenters. The monoisotopic (exact) mass is 208 g/mol. The molecule has 0 aromatic heterocycles. The maximum Gasteiger partial charge on any atom is 0.492 e. The van der Waals surface area contributed by atoms with E-state index in [-0.39, 0.29) is 5.41 Å². The predicted molar refractivity (Wildman–Crippen MR) is 61.2 cm³/mol. The molecule has 0 amide bonds. The molecule has 0 unspecified atom stereocenters. The Bertz CT molecular complexity index is 318. The molecule has 0 heterocycles. The lowest BCUT2D eigenvalue weighted by Crippen LogP contribution is -2.32. The molecule has 0 aliphatic heterocycles. The Morgan fingerprint density at radius 2 is 1.80 bits per heavy atom. The van der Waals surface area contributed by atoms with Crippen LogP contribution in [0.2, 0.25) is 0 Å². The summed E-state index contributed by atoms with van der Waals surface area (Å²) in [5.41, 5.74) is 0.454. The van der Waals surface area contributed by atoms with Gasteiger partial charge in [-0.25, -0.2) is 0 Å². The van der Waals surface area contributed by atoms with E-state index in [1.807, 2.05) is 6.07 Å². The lowest BCUT2D eigenvalue weighted by molar-refractivity contribution is 0.198. The first-order chi connectivity index (χ1) is 6.90. The third-order valence-corrected chi connectivity index (χ3v) is 1.86. The van der Waals surface area contributed by atoms with Crippen LogP contribution < -0.4 is 10.2 Å². The number of ether oxygens (including phenoxy) is 1. The van der Waals surface area contributed by atoms with Crippen LogP contribution in [0, 0.1) is 5.41 Å². The van der Waals surface area contributed by atoms with Gasteiger partial charge in [-0.05, 0) is 11.5 Å². The van der Waals surface area contributed by atoms with Crippen molar-refractivity contribution in [1.29, 1.82) is 0 Å². The molecule has 1 aromatic rings. The van der Waals surface area contributed by atoms with Crippen molar-refractivity contribution in [2.24, 2.45) is 5.41 Å². The zero-order valence-corrected chi connectivity index (χ0v) is 9.40. The Hall–Kier alpha value is -0.995. The smallest absolute Gasteiger partial charge is 0.492 e. The van der Waals surface area contributed by atoms with Crippen molar-refractivity contribution >= 4 is 12.6 Å². The van der Waals surface area contributed by atoms with Crippen molar-refractivity contribution in [3.8, 4) is 5.75 Å². The Morgan fingerprint density at radius 1 is 1.20 bits per heavy atom. The minimum absolute atomic E-state index is 0.0491. The van der Waals surface area contributed by atoms with Crippen molar-refractivity contribution in [1.82, 2.24) is 0 Å². The van der Waals surface area contributed by atoms with Gasteiger partial charge >= 0.3 is 7.12 Å². The van der Waals surface area contributed by atoms with Gasteiger partial charge in [-0.15, -0.1) is 0 Å². The summed E-state index contributed by atoms with van der Waals surface area (Å²) in [6.07, 6.45) is 0. The fourth-order valence-electron chi connectivity index (χ4n) is 1.12. The maximum atomic E-state index is 9.11. The summed E-state index contributed by atoms with van der Waals surface area (Å²) in [5.74, 6) is 0.530. The van der Waals surface area contributed by atoms with Crippen LogP contribution >= 0.6 is 0 Å². The summed E-state index contributed by atoms with van der Waals surface area (Å²) in [6, 6.07) is 6.94. The SMILES string of the molecule is CC(C)(C)COc1ccccc1B(O)O. The molecule has 4 heteroatoms. The molecule has 0 fully saturated rings. The molecular formula is C11H17BO3. The van der Waals surface area contributed by atoms with Crippen LogP contribution in [-0.2, 0) is 0 Å². The van der Waals surface area contributed by atoms with Crippen molar-refractivity contribution < 1.29 is 14.8 Å². The van der Waals surface area contributed by atoms with Gasteiger partial charge in [-0.2, -0.15) is 0 Å². The van der Waals surface area contributed by atoms with Gasteiger partial charge in [0, 0.05) is 5.46 Å². The second kappa shape index (κ2) is 4.68. The van der Waals surface area contributed by atoms with Crippen molar-refractivity contribution in [3.05, 3.63) is 24.3 Å². The van der Waals surface area contributed by atoms with Crippen LogP contribution in [0.5, 0.6) is 5.75 Å². The van der Waals surface area contributed by atoms with Gasteiger partial charge in [0.25, 0.3) is 0 Å². The lowest BCUT2D eigenvalue weighted by Gasteiger charge is -2.20. The van der Waals surface area contributed by atoms with Crippen molar-refractivity contribution in [2.75, 3.05) is 6.61 Å². The molecule has 1 aromatic carbocycles. The van der Waals surface area contributed by atoms with Crippen LogP contribution in [0.1, 0.15) is 20.8 Å². The Kier molecular flexibility index (Phi) is 3.77. The summed E-state index contributed by atoms with van der Waals surface area (Å²) < 4.78 is 5.54. The normalized spacial score (nSPS) is 11.3. The van der Waals surface area contributed by atoms with E-state index >= 15 is 0 Å². The van der Waals surface area contributed by atoms with Gasteiger partial charge in [-0.1, -0.05) is 39.0 Å². The highest BCUT2D eigenvalue weighted by molar-refractivity contribution is 6.59. The third-order valence-electron chi connectivity index (χ3n) is 1.86. The predicted octanol–water partition coefficient (Wildman–Crippen LogP) is 0.791. The standard InChI is InChI=1S/C11H17BO3/c1-11(2,3)8-15-10-7-5-4-6-9(10)12(13)14/h4-7,13-14H,8H2,1-3H3. The molecule has 2 N–H and O–H groups in total.